The molecule has 1 aromatic carbocycles. The molecule has 0 saturated heterocycles. The fraction of sp³-hybridized carbons (Fsp3) is 0. The van der Waals surface area contributed by atoms with Crippen molar-refractivity contribution in [2.24, 2.45) is 0 Å². The van der Waals surface area contributed by atoms with Crippen LogP contribution in [0.4, 0.5) is 0 Å². The highest BCUT2D eigenvalue weighted by Gasteiger charge is 2.01. The molecule has 1 heterocycles. The molecule has 0 fully saturated rings. The number of hydrogen-bond donors (Lipinski definition) is 1. The zero-order valence-corrected chi connectivity index (χ0v) is 7.98. The first-order valence-electron chi connectivity index (χ1n) is 3.93. The molecule has 0 spiro atoms. The van der Waals surface area contributed by atoms with Gasteiger partial charge in [-0.05, 0) is 24.3 Å². The Morgan fingerprint density at radius 1 is 1.14 bits per heavy atom. The second kappa shape index (κ2) is 3.63. The smallest absolute Gasteiger partial charge is 0.299 e. The molecule has 0 atom stereocenters. The summed E-state index contributed by atoms with van der Waals surface area (Å²) in [6.07, 6.45) is 1.64. The van der Waals surface area contributed by atoms with E-state index in [0.29, 0.717) is 16.7 Å². The Kier molecular flexibility index (Phi) is 2.32. The van der Waals surface area contributed by atoms with Crippen molar-refractivity contribution in [1.29, 1.82) is 0 Å². The highest BCUT2D eigenvalue weighted by molar-refractivity contribution is 7.67. The van der Waals surface area contributed by atoms with Gasteiger partial charge in [-0.3, -0.25) is 4.98 Å². The topological polar surface area (TPSA) is 56.3 Å². The van der Waals surface area contributed by atoms with E-state index in [0.717, 1.165) is 0 Å². The molecule has 0 aliphatic rings. The molecule has 2 aromatic rings. The van der Waals surface area contributed by atoms with Crippen molar-refractivity contribution in [2.45, 2.75) is 0 Å². The van der Waals surface area contributed by atoms with E-state index in [4.69, 9.17) is 0 Å². The molecule has 0 N–H and O–H groups in total. The minimum absolute atomic E-state index is 0.312. The standard InChI is InChI=1S/C9H7NO3S/c11-14(12)13-9-5-1-4-8-7(9)3-2-6-10-8/h1-6,14H. The van der Waals surface area contributed by atoms with Gasteiger partial charge < -0.3 is 4.18 Å². The molecule has 0 radical (unpaired) electrons. The van der Waals surface area contributed by atoms with Gasteiger partial charge in [0, 0.05) is 11.6 Å². The first-order valence-corrected chi connectivity index (χ1v) is 5.03. The van der Waals surface area contributed by atoms with Crippen LogP contribution in [0.3, 0.4) is 0 Å². The zero-order chi connectivity index (χ0) is 9.97. The van der Waals surface area contributed by atoms with Crippen LogP contribution in [-0.2, 0) is 11.0 Å². The number of pyridine rings is 1. The van der Waals surface area contributed by atoms with E-state index in [1.807, 2.05) is 0 Å². The fourth-order valence-corrected chi connectivity index (χ4v) is 1.55. The van der Waals surface area contributed by atoms with Gasteiger partial charge in [0.25, 0.3) is 11.0 Å². The SMILES string of the molecule is O=[SH](=O)Oc1cccc2ncccc12. The Bertz CT molecular complexity index is 523. The highest BCUT2D eigenvalue weighted by Crippen LogP contribution is 2.23. The van der Waals surface area contributed by atoms with Gasteiger partial charge in [0.05, 0.1) is 5.52 Å². The monoisotopic (exact) mass is 209 g/mol. The normalized spacial score (nSPS) is 10.6. The Morgan fingerprint density at radius 3 is 2.79 bits per heavy atom. The van der Waals surface area contributed by atoms with E-state index in [2.05, 4.69) is 9.17 Å². The highest BCUT2D eigenvalue weighted by atomic mass is 32.2. The molecule has 1 aromatic heterocycles. The van der Waals surface area contributed by atoms with Crippen molar-refractivity contribution in [3.63, 3.8) is 0 Å². The maximum Gasteiger partial charge on any atom is 0.299 e. The second-order valence-electron chi connectivity index (χ2n) is 2.64. The average molecular weight is 209 g/mol. The van der Waals surface area contributed by atoms with Crippen molar-refractivity contribution in [3.05, 3.63) is 36.5 Å². The predicted molar refractivity (Wildman–Crippen MR) is 52.7 cm³/mol. The lowest BCUT2D eigenvalue weighted by molar-refractivity contribution is 0.513. The van der Waals surface area contributed by atoms with Gasteiger partial charge in [-0.25, -0.2) is 0 Å². The van der Waals surface area contributed by atoms with Crippen molar-refractivity contribution in [3.8, 4) is 5.75 Å². The maximum absolute atomic E-state index is 10.4. The Morgan fingerprint density at radius 2 is 2.00 bits per heavy atom. The molecular weight excluding hydrogens is 202 g/mol. The molecule has 0 amide bonds. The van der Waals surface area contributed by atoms with E-state index < -0.39 is 11.0 Å². The summed E-state index contributed by atoms with van der Waals surface area (Å²) in [5, 5.41) is 0.689. The summed E-state index contributed by atoms with van der Waals surface area (Å²) in [6.45, 7) is 0. The lowest BCUT2D eigenvalue weighted by Crippen LogP contribution is -1.91. The summed E-state index contributed by atoms with van der Waals surface area (Å²) in [7, 11) is -2.88. The van der Waals surface area contributed by atoms with Gasteiger partial charge in [-0.15, -0.1) is 0 Å². The maximum atomic E-state index is 10.4. The van der Waals surface area contributed by atoms with Crippen molar-refractivity contribution >= 4 is 21.9 Å². The van der Waals surface area contributed by atoms with Crippen LogP contribution in [0.5, 0.6) is 5.75 Å². The van der Waals surface area contributed by atoms with Crippen LogP contribution in [0.25, 0.3) is 10.9 Å². The van der Waals surface area contributed by atoms with Gasteiger partial charge in [0.15, 0.2) is 5.75 Å². The van der Waals surface area contributed by atoms with Crippen LogP contribution in [0.2, 0.25) is 0 Å². The summed E-state index contributed by atoms with van der Waals surface area (Å²) in [5.41, 5.74) is 0.710. The van der Waals surface area contributed by atoms with Gasteiger partial charge in [-0.1, -0.05) is 6.07 Å². The summed E-state index contributed by atoms with van der Waals surface area (Å²) in [6, 6.07) is 8.57. The lowest BCUT2D eigenvalue weighted by atomic mass is 10.2. The first-order chi connectivity index (χ1) is 6.77. The average Bonchev–Trinajstić information content (AvgIpc) is 2.18. The third-order valence-electron chi connectivity index (χ3n) is 1.78. The fourth-order valence-electron chi connectivity index (χ4n) is 1.24. The van der Waals surface area contributed by atoms with Crippen LogP contribution in [0.1, 0.15) is 0 Å². The number of fused-ring (bicyclic) bond motifs is 1. The molecule has 0 unspecified atom stereocenters. The summed E-state index contributed by atoms with van der Waals surface area (Å²) < 4.78 is 25.5. The molecule has 0 aliphatic carbocycles. The summed E-state index contributed by atoms with van der Waals surface area (Å²) in [4.78, 5) is 4.07. The quantitative estimate of drug-likeness (QED) is 0.753. The number of nitrogens with zero attached hydrogens (tertiary/aromatic N) is 1. The summed E-state index contributed by atoms with van der Waals surface area (Å²) >= 11 is 0. The number of thiol groups is 1. The number of rotatable bonds is 2. The Labute approximate surface area is 82.3 Å². The number of hydrogen-bond acceptors (Lipinski definition) is 4. The van der Waals surface area contributed by atoms with Crippen LogP contribution < -0.4 is 4.18 Å². The molecular formula is C9H7NO3S. The first kappa shape index (κ1) is 8.96. The van der Waals surface area contributed by atoms with Gasteiger partial charge in [0.2, 0.25) is 0 Å². The third-order valence-corrected chi connectivity index (χ3v) is 2.12. The minimum atomic E-state index is -2.88. The molecule has 0 aliphatic heterocycles. The molecule has 4 nitrogen and oxygen atoms in total. The Hall–Kier alpha value is -1.62. The van der Waals surface area contributed by atoms with Crippen LogP contribution in [0.15, 0.2) is 36.5 Å². The van der Waals surface area contributed by atoms with Gasteiger partial charge in [0.1, 0.15) is 0 Å². The van der Waals surface area contributed by atoms with Gasteiger partial charge in [-0.2, -0.15) is 8.42 Å². The summed E-state index contributed by atoms with van der Waals surface area (Å²) in [5.74, 6) is 0.312. The van der Waals surface area contributed by atoms with Crippen molar-refractivity contribution < 1.29 is 12.6 Å². The number of aromatic nitrogens is 1. The lowest BCUT2D eigenvalue weighted by Gasteiger charge is -2.01. The zero-order valence-electron chi connectivity index (χ0n) is 7.08. The third kappa shape index (κ3) is 1.67. The van der Waals surface area contributed by atoms with Crippen LogP contribution in [-0.4, -0.2) is 13.4 Å². The second-order valence-corrected chi connectivity index (χ2v) is 3.27. The van der Waals surface area contributed by atoms with E-state index in [1.54, 1.807) is 36.5 Å². The molecule has 2 rings (SSSR count). The minimum Gasteiger partial charge on any atom is -0.384 e. The van der Waals surface area contributed by atoms with Crippen molar-refractivity contribution in [1.82, 2.24) is 4.98 Å². The Balaban J connectivity index is 2.64. The molecule has 14 heavy (non-hydrogen) atoms. The van der Waals surface area contributed by atoms with E-state index in [-0.39, 0.29) is 0 Å². The molecule has 0 bridgehead atoms. The molecule has 0 saturated carbocycles. The largest absolute Gasteiger partial charge is 0.384 e. The van der Waals surface area contributed by atoms with E-state index >= 15 is 0 Å². The van der Waals surface area contributed by atoms with Crippen molar-refractivity contribution in [2.75, 3.05) is 0 Å². The predicted octanol–water partition coefficient (Wildman–Crippen LogP) is 1.14. The van der Waals surface area contributed by atoms with Gasteiger partial charge >= 0.3 is 0 Å². The molecule has 5 heteroatoms. The van der Waals surface area contributed by atoms with E-state index in [9.17, 15) is 8.42 Å². The van der Waals surface area contributed by atoms with Crippen LogP contribution in [0, 0.1) is 0 Å². The molecule has 72 valence electrons. The van der Waals surface area contributed by atoms with E-state index in [1.165, 1.54) is 0 Å². The van der Waals surface area contributed by atoms with Crippen LogP contribution >= 0.6 is 0 Å². The number of benzene rings is 1.